The lowest BCUT2D eigenvalue weighted by molar-refractivity contribution is -0.118. The predicted octanol–water partition coefficient (Wildman–Crippen LogP) is 4.01. The third kappa shape index (κ3) is 2.63. The summed E-state index contributed by atoms with van der Waals surface area (Å²) in [5, 5.41) is 1.23. The standard InChI is InChI=1S/C20H20N2O/c23-20(22-13-5-8-16-6-2-4-10-19(16)22)12-15-21-14-11-17-7-1-3-9-18(17)21/h1-4,6-7,9-11,14H,5,8,12-13,15H2. The smallest absolute Gasteiger partial charge is 0.228 e. The molecule has 0 bridgehead atoms. The molecule has 2 aromatic carbocycles. The van der Waals surface area contributed by atoms with Crippen molar-refractivity contribution >= 4 is 22.5 Å². The van der Waals surface area contributed by atoms with E-state index in [1.165, 1.54) is 16.5 Å². The Morgan fingerprint density at radius 3 is 2.78 bits per heavy atom. The molecular weight excluding hydrogens is 284 g/mol. The minimum atomic E-state index is 0.218. The first-order valence-corrected chi connectivity index (χ1v) is 8.25. The van der Waals surface area contributed by atoms with Crippen molar-refractivity contribution in [2.24, 2.45) is 0 Å². The molecule has 116 valence electrons. The Morgan fingerprint density at radius 2 is 1.83 bits per heavy atom. The third-order valence-electron chi connectivity index (χ3n) is 4.66. The highest BCUT2D eigenvalue weighted by molar-refractivity contribution is 5.94. The molecule has 1 aliphatic rings. The summed E-state index contributed by atoms with van der Waals surface area (Å²) >= 11 is 0. The van der Waals surface area contributed by atoms with Crippen LogP contribution in [0.3, 0.4) is 0 Å². The Morgan fingerprint density at radius 1 is 1.00 bits per heavy atom. The number of hydrogen-bond donors (Lipinski definition) is 0. The Labute approximate surface area is 136 Å². The fourth-order valence-electron chi connectivity index (χ4n) is 3.48. The molecule has 2 heterocycles. The van der Waals surface area contributed by atoms with Crippen molar-refractivity contribution in [1.29, 1.82) is 0 Å². The topological polar surface area (TPSA) is 25.2 Å². The first-order chi connectivity index (χ1) is 11.3. The molecule has 23 heavy (non-hydrogen) atoms. The number of hydrogen-bond acceptors (Lipinski definition) is 1. The second kappa shape index (κ2) is 5.92. The zero-order valence-corrected chi connectivity index (χ0v) is 13.1. The number of amides is 1. The summed E-state index contributed by atoms with van der Waals surface area (Å²) < 4.78 is 2.17. The normalized spacial score (nSPS) is 14.0. The number of carbonyl (C=O) groups is 1. The molecule has 0 radical (unpaired) electrons. The summed E-state index contributed by atoms with van der Waals surface area (Å²) in [5.41, 5.74) is 3.58. The van der Waals surface area contributed by atoms with E-state index in [0.717, 1.165) is 31.6 Å². The molecule has 3 aromatic rings. The van der Waals surface area contributed by atoms with Crippen LogP contribution in [0.5, 0.6) is 0 Å². The molecule has 0 saturated carbocycles. The van der Waals surface area contributed by atoms with E-state index in [9.17, 15) is 4.79 Å². The molecule has 0 saturated heterocycles. The van der Waals surface area contributed by atoms with Crippen molar-refractivity contribution < 1.29 is 4.79 Å². The highest BCUT2D eigenvalue weighted by Crippen LogP contribution is 2.27. The van der Waals surface area contributed by atoms with Gasteiger partial charge in [0.1, 0.15) is 0 Å². The number of nitrogens with zero attached hydrogens (tertiary/aromatic N) is 2. The minimum Gasteiger partial charge on any atom is -0.347 e. The molecule has 0 aliphatic carbocycles. The van der Waals surface area contributed by atoms with Crippen LogP contribution in [-0.4, -0.2) is 17.0 Å². The number of benzene rings is 2. The zero-order valence-electron chi connectivity index (χ0n) is 13.1. The van der Waals surface area contributed by atoms with E-state index in [1.807, 2.05) is 23.1 Å². The quantitative estimate of drug-likeness (QED) is 0.717. The Kier molecular flexibility index (Phi) is 3.62. The number of aromatic nitrogens is 1. The van der Waals surface area contributed by atoms with Crippen molar-refractivity contribution in [2.75, 3.05) is 11.4 Å². The van der Waals surface area contributed by atoms with Gasteiger partial charge in [-0.1, -0.05) is 36.4 Å². The predicted molar refractivity (Wildman–Crippen MR) is 93.7 cm³/mol. The van der Waals surface area contributed by atoms with Gasteiger partial charge in [-0.05, 0) is 42.0 Å². The molecule has 3 nitrogen and oxygen atoms in total. The summed E-state index contributed by atoms with van der Waals surface area (Å²) in [5.74, 6) is 0.218. The van der Waals surface area contributed by atoms with E-state index < -0.39 is 0 Å². The maximum absolute atomic E-state index is 12.7. The molecule has 1 aromatic heterocycles. The van der Waals surface area contributed by atoms with Gasteiger partial charge in [-0.2, -0.15) is 0 Å². The zero-order chi connectivity index (χ0) is 15.6. The van der Waals surface area contributed by atoms with Crippen molar-refractivity contribution in [3.63, 3.8) is 0 Å². The minimum absolute atomic E-state index is 0.218. The third-order valence-corrected chi connectivity index (χ3v) is 4.66. The highest BCUT2D eigenvalue weighted by Gasteiger charge is 2.21. The summed E-state index contributed by atoms with van der Waals surface area (Å²) in [6, 6.07) is 18.7. The maximum atomic E-state index is 12.7. The average molecular weight is 304 g/mol. The van der Waals surface area contributed by atoms with E-state index >= 15 is 0 Å². The molecule has 4 rings (SSSR count). The van der Waals surface area contributed by atoms with Crippen LogP contribution < -0.4 is 4.90 Å². The molecule has 3 heteroatoms. The number of fused-ring (bicyclic) bond motifs is 2. The van der Waals surface area contributed by atoms with Gasteiger partial charge in [0.05, 0.1) is 0 Å². The van der Waals surface area contributed by atoms with Gasteiger partial charge in [0.25, 0.3) is 0 Å². The first kappa shape index (κ1) is 14.1. The molecular formula is C20H20N2O. The van der Waals surface area contributed by atoms with E-state index in [4.69, 9.17) is 0 Å². The molecule has 1 amide bonds. The maximum Gasteiger partial charge on any atom is 0.228 e. The molecule has 0 fully saturated rings. The summed E-state index contributed by atoms with van der Waals surface area (Å²) in [6.45, 7) is 1.56. The van der Waals surface area contributed by atoms with Gasteiger partial charge < -0.3 is 9.47 Å². The molecule has 1 aliphatic heterocycles. The summed E-state index contributed by atoms with van der Waals surface area (Å²) in [4.78, 5) is 14.7. The number of carbonyl (C=O) groups excluding carboxylic acids is 1. The summed E-state index contributed by atoms with van der Waals surface area (Å²) in [6.07, 6.45) is 4.73. The van der Waals surface area contributed by atoms with Crippen LogP contribution in [0, 0.1) is 0 Å². The second-order valence-electron chi connectivity index (χ2n) is 6.10. The van der Waals surface area contributed by atoms with Crippen LogP contribution in [0.25, 0.3) is 10.9 Å². The van der Waals surface area contributed by atoms with Crippen molar-refractivity contribution in [2.45, 2.75) is 25.8 Å². The lowest BCUT2D eigenvalue weighted by Gasteiger charge is -2.29. The molecule has 0 unspecified atom stereocenters. The lowest BCUT2D eigenvalue weighted by atomic mass is 10.0. The molecule has 0 spiro atoms. The largest absolute Gasteiger partial charge is 0.347 e. The van der Waals surface area contributed by atoms with Crippen molar-refractivity contribution in [3.05, 3.63) is 66.4 Å². The van der Waals surface area contributed by atoms with Gasteiger partial charge in [-0.3, -0.25) is 4.79 Å². The molecule has 0 N–H and O–H groups in total. The first-order valence-electron chi connectivity index (χ1n) is 8.25. The van der Waals surface area contributed by atoms with Crippen LogP contribution in [-0.2, 0) is 17.8 Å². The molecule has 0 atom stereocenters. The van der Waals surface area contributed by atoms with Crippen molar-refractivity contribution in [3.8, 4) is 0 Å². The Hall–Kier alpha value is -2.55. The second-order valence-corrected chi connectivity index (χ2v) is 6.10. The van der Waals surface area contributed by atoms with E-state index in [0.29, 0.717) is 6.42 Å². The van der Waals surface area contributed by atoms with Crippen LogP contribution in [0.2, 0.25) is 0 Å². The van der Waals surface area contributed by atoms with Gasteiger partial charge in [0, 0.05) is 36.9 Å². The fourth-order valence-corrected chi connectivity index (χ4v) is 3.48. The van der Waals surface area contributed by atoms with E-state index in [2.05, 4.69) is 47.2 Å². The van der Waals surface area contributed by atoms with Crippen LogP contribution in [0.15, 0.2) is 60.8 Å². The van der Waals surface area contributed by atoms with E-state index in [1.54, 1.807) is 0 Å². The Balaban J connectivity index is 1.51. The SMILES string of the molecule is O=C(CCn1ccc2ccccc21)N1CCCc2ccccc21. The lowest BCUT2D eigenvalue weighted by Crippen LogP contribution is -2.35. The van der Waals surface area contributed by atoms with Crippen LogP contribution in [0.1, 0.15) is 18.4 Å². The average Bonchev–Trinajstić information content (AvgIpc) is 3.02. The van der Waals surface area contributed by atoms with Crippen LogP contribution in [0.4, 0.5) is 5.69 Å². The van der Waals surface area contributed by atoms with Crippen molar-refractivity contribution in [1.82, 2.24) is 4.57 Å². The Bertz CT molecular complexity index is 849. The number of para-hydroxylation sites is 2. The summed E-state index contributed by atoms with van der Waals surface area (Å²) in [7, 11) is 0. The number of anilines is 1. The van der Waals surface area contributed by atoms with Gasteiger partial charge in [-0.25, -0.2) is 0 Å². The fraction of sp³-hybridized carbons (Fsp3) is 0.250. The van der Waals surface area contributed by atoms with Crippen LogP contribution >= 0.6 is 0 Å². The highest BCUT2D eigenvalue weighted by atomic mass is 16.2. The van der Waals surface area contributed by atoms with E-state index in [-0.39, 0.29) is 5.91 Å². The van der Waals surface area contributed by atoms with Gasteiger partial charge >= 0.3 is 0 Å². The monoisotopic (exact) mass is 304 g/mol. The van der Waals surface area contributed by atoms with Gasteiger partial charge in [-0.15, -0.1) is 0 Å². The van der Waals surface area contributed by atoms with Gasteiger partial charge in [0.2, 0.25) is 5.91 Å². The van der Waals surface area contributed by atoms with Gasteiger partial charge in [0.15, 0.2) is 0 Å². The number of aryl methyl sites for hydroxylation is 2. The number of rotatable bonds is 3.